The summed E-state index contributed by atoms with van der Waals surface area (Å²) in [6.45, 7) is 10.7. The quantitative estimate of drug-likeness (QED) is 0.0656. The van der Waals surface area contributed by atoms with Crippen LogP contribution in [0.5, 0.6) is 11.5 Å². The Morgan fingerprint density at radius 1 is 0.667 bits per heavy atom. The van der Waals surface area contributed by atoms with E-state index < -0.39 is 30.5 Å². The number of amides is 1. The van der Waals surface area contributed by atoms with Gasteiger partial charge in [0, 0.05) is 6.08 Å². The van der Waals surface area contributed by atoms with E-state index in [0.717, 1.165) is 92.1 Å². The summed E-state index contributed by atoms with van der Waals surface area (Å²) in [5.74, 6) is 1.33. The van der Waals surface area contributed by atoms with E-state index in [9.17, 15) is 24.0 Å². The molecule has 4 aliphatic rings. The first-order valence-corrected chi connectivity index (χ1v) is 22.1. The molecular formula is C47H67NO9. The van der Waals surface area contributed by atoms with Gasteiger partial charge in [0.15, 0.2) is 6.73 Å². The molecule has 0 radical (unpaired) electrons. The molecule has 0 spiro atoms. The highest BCUT2D eigenvalue weighted by atomic mass is 16.6. The zero-order valence-corrected chi connectivity index (χ0v) is 34.6. The van der Waals surface area contributed by atoms with E-state index in [0.29, 0.717) is 11.8 Å². The van der Waals surface area contributed by atoms with Gasteiger partial charge in [-0.15, -0.1) is 0 Å². The first kappa shape index (κ1) is 44.2. The van der Waals surface area contributed by atoms with Gasteiger partial charge in [-0.3, -0.25) is 14.4 Å². The van der Waals surface area contributed by atoms with Crippen molar-refractivity contribution >= 4 is 29.8 Å². The predicted molar refractivity (Wildman–Crippen MR) is 218 cm³/mol. The van der Waals surface area contributed by atoms with E-state index in [1.165, 1.54) is 82.8 Å². The van der Waals surface area contributed by atoms with Crippen LogP contribution in [-0.2, 0) is 28.7 Å². The molecule has 57 heavy (non-hydrogen) atoms. The van der Waals surface area contributed by atoms with Crippen LogP contribution >= 0.6 is 0 Å². The van der Waals surface area contributed by atoms with Crippen molar-refractivity contribution < 1.29 is 42.9 Å². The number of rotatable bonds is 17. The molecule has 10 heteroatoms. The van der Waals surface area contributed by atoms with Crippen molar-refractivity contribution in [2.24, 2.45) is 47.3 Å². The van der Waals surface area contributed by atoms with Crippen LogP contribution in [0.2, 0.25) is 0 Å². The van der Waals surface area contributed by atoms with Gasteiger partial charge in [0.1, 0.15) is 23.7 Å². The van der Waals surface area contributed by atoms with Gasteiger partial charge in [0.05, 0.1) is 18.4 Å². The second kappa shape index (κ2) is 22.3. The highest BCUT2D eigenvalue weighted by molar-refractivity contribution is 5.95. The Kier molecular flexibility index (Phi) is 17.3. The summed E-state index contributed by atoms with van der Waals surface area (Å²) in [5, 5.41) is 0. The highest BCUT2D eigenvalue weighted by Gasteiger charge is 2.36. The topological polar surface area (TPSA) is 126 Å². The SMILES string of the molecule is C=CC(=O)OCCN(COC(=O)c1cc(OC(=O)C2CCC(C3CCC(CC)CC3)CC2)ccc1OC(=O)C1CCC(C2CCC(CCC)CC2)CC1)C(=O)C=C. The summed E-state index contributed by atoms with van der Waals surface area (Å²) < 4.78 is 22.3. The third kappa shape index (κ3) is 12.8. The summed E-state index contributed by atoms with van der Waals surface area (Å²) in [5.41, 5.74) is -0.0957. The lowest BCUT2D eigenvalue weighted by atomic mass is 9.69. The molecule has 4 saturated carbocycles. The molecule has 0 bridgehead atoms. The average molecular weight is 790 g/mol. The van der Waals surface area contributed by atoms with Crippen molar-refractivity contribution in [2.75, 3.05) is 19.9 Å². The van der Waals surface area contributed by atoms with Gasteiger partial charge >= 0.3 is 23.9 Å². The van der Waals surface area contributed by atoms with Crippen LogP contribution in [0.25, 0.3) is 0 Å². The largest absolute Gasteiger partial charge is 0.461 e. The lowest BCUT2D eigenvalue weighted by Crippen LogP contribution is -2.36. The maximum atomic E-state index is 13.7. The van der Waals surface area contributed by atoms with Crippen LogP contribution in [0.1, 0.15) is 146 Å². The monoisotopic (exact) mass is 789 g/mol. The van der Waals surface area contributed by atoms with Crippen LogP contribution in [0, 0.1) is 47.3 Å². The Balaban J connectivity index is 1.22. The molecule has 1 aromatic rings. The van der Waals surface area contributed by atoms with E-state index in [1.54, 1.807) is 6.07 Å². The maximum Gasteiger partial charge on any atom is 0.343 e. The van der Waals surface area contributed by atoms with Crippen LogP contribution in [0.4, 0.5) is 0 Å². The minimum Gasteiger partial charge on any atom is -0.461 e. The van der Waals surface area contributed by atoms with Gasteiger partial charge in [0.2, 0.25) is 5.91 Å². The highest BCUT2D eigenvalue weighted by Crippen LogP contribution is 2.44. The van der Waals surface area contributed by atoms with Gasteiger partial charge in [-0.1, -0.05) is 72.0 Å². The number of carbonyl (C=O) groups excluding carboxylic acids is 5. The molecule has 0 atom stereocenters. The smallest absolute Gasteiger partial charge is 0.343 e. The molecule has 0 heterocycles. The minimum atomic E-state index is -0.874. The number of hydrogen-bond donors (Lipinski definition) is 0. The van der Waals surface area contributed by atoms with Crippen LogP contribution < -0.4 is 9.47 Å². The second-order valence-electron chi connectivity index (χ2n) is 17.2. The third-order valence-electron chi connectivity index (χ3n) is 13.8. The van der Waals surface area contributed by atoms with E-state index in [4.69, 9.17) is 18.9 Å². The molecule has 0 aromatic heterocycles. The molecule has 0 saturated heterocycles. The zero-order valence-electron chi connectivity index (χ0n) is 34.6. The van der Waals surface area contributed by atoms with Crippen molar-refractivity contribution in [3.63, 3.8) is 0 Å². The number of hydrogen-bond acceptors (Lipinski definition) is 9. The number of nitrogens with zero attached hydrogens (tertiary/aromatic N) is 1. The van der Waals surface area contributed by atoms with Crippen molar-refractivity contribution in [3.8, 4) is 11.5 Å². The summed E-state index contributed by atoms with van der Waals surface area (Å²) >= 11 is 0. The number of esters is 4. The number of benzene rings is 1. The van der Waals surface area contributed by atoms with Crippen molar-refractivity contribution in [1.82, 2.24) is 4.90 Å². The Hall–Kier alpha value is -3.95. The van der Waals surface area contributed by atoms with E-state index >= 15 is 0 Å². The molecule has 0 aliphatic heterocycles. The molecule has 4 aliphatic carbocycles. The van der Waals surface area contributed by atoms with E-state index in [2.05, 4.69) is 27.0 Å². The third-order valence-corrected chi connectivity index (χ3v) is 13.8. The first-order chi connectivity index (χ1) is 27.6. The van der Waals surface area contributed by atoms with Crippen molar-refractivity contribution in [2.45, 2.75) is 136 Å². The fourth-order valence-corrected chi connectivity index (χ4v) is 10.2. The van der Waals surface area contributed by atoms with Gasteiger partial charge in [-0.25, -0.2) is 9.59 Å². The molecule has 5 rings (SSSR count). The Labute approximate surface area is 340 Å². The van der Waals surface area contributed by atoms with Crippen molar-refractivity contribution in [1.29, 1.82) is 0 Å². The molecule has 10 nitrogen and oxygen atoms in total. The maximum absolute atomic E-state index is 13.7. The minimum absolute atomic E-state index is 0.000909. The second-order valence-corrected chi connectivity index (χ2v) is 17.2. The number of ether oxygens (including phenoxy) is 4. The molecule has 0 unspecified atom stereocenters. The first-order valence-electron chi connectivity index (χ1n) is 22.1. The van der Waals surface area contributed by atoms with E-state index in [1.807, 2.05) is 0 Å². The molecule has 0 N–H and O–H groups in total. The predicted octanol–water partition coefficient (Wildman–Crippen LogP) is 9.79. The molecule has 1 aromatic carbocycles. The summed E-state index contributed by atoms with van der Waals surface area (Å²) in [4.78, 5) is 66.0. The van der Waals surface area contributed by atoms with Crippen molar-refractivity contribution in [3.05, 3.63) is 49.1 Å². The lowest BCUT2D eigenvalue weighted by Gasteiger charge is -2.37. The Morgan fingerprint density at radius 2 is 1.19 bits per heavy atom. The van der Waals surface area contributed by atoms with Gasteiger partial charge in [-0.05, 0) is 137 Å². The zero-order chi connectivity index (χ0) is 40.7. The molecule has 4 fully saturated rings. The van der Waals surface area contributed by atoms with Gasteiger partial charge < -0.3 is 23.8 Å². The molecule has 1 amide bonds. The molecule has 314 valence electrons. The van der Waals surface area contributed by atoms with Crippen LogP contribution in [0.3, 0.4) is 0 Å². The Morgan fingerprint density at radius 3 is 1.70 bits per heavy atom. The average Bonchev–Trinajstić information content (AvgIpc) is 3.25. The van der Waals surface area contributed by atoms with Gasteiger partial charge in [0.25, 0.3) is 0 Å². The lowest BCUT2D eigenvalue weighted by molar-refractivity contribution is -0.141. The fraction of sp³-hybridized carbons (Fsp3) is 0.681. The van der Waals surface area contributed by atoms with Crippen LogP contribution in [0.15, 0.2) is 43.5 Å². The van der Waals surface area contributed by atoms with Gasteiger partial charge in [-0.2, -0.15) is 0 Å². The number of carbonyl (C=O) groups is 5. The molecular weight excluding hydrogens is 723 g/mol. The Bertz CT molecular complexity index is 1520. The summed E-state index contributed by atoms with van der Waals surface area (Å²) in [7, 11) is 0. The normalized spacial score (nSPS) is 27.6. The standard InChI is InChI=1S/C47H67NO9/c1-5-9-33-12-16-35(17-13-33)37-20-24-39(25-21-37)46(52)57-42-27-26-40(30-41(42)47(53)55-31-48(43(49)7-3)28-29-54-44(50)8-4)56-45(51)38-22-18-36(19-23-38)34-14-10-32(6-2)11-15-34/h7-8,26-27,30,32-39H,3-6,9-25,28-29,31H2,1-2H3. The summed E-state index contributed by atoms with van der Waals surface area (Å²) in [6, 6.07) is 4.39. The van der Waals surface area contributed by atoms with Crippen LogP contribution in [-0.4, -0.2) is 54.6 Å². The van der Waals surface area contributed by atoms with E-state index in [-0.39, 0.29) is 48.0 Å². The summed E-state index contributed by atoms with van der Waals surface area (Å²) in [6.07, 6.45) is 23.4. The fourth-order valence-electron chi connectivity index (χ4n) is 10.2.